The smallest absolute Gasteiger partial charge is 0.258 e. The van der Waals surface area contributed by atoms with Crippen LogP contribution in [0.2, 0.25) is 5.02 Å². The monoisotopic (exact) mass is 332 g/mol. The van der Waals surface area contributed by atoms with E-state index in [-0.39, 0.29) is 11.4 Å². The van der Waals surface area contributed by atoms with Crippen molar-refractivity contribution in [3.63, 3.8) is 0 Å². The van der Waals surface area contributed by atoms with Crippen LogP contribution in [0, 0.1) is 5.82 Å². The number of halogens is 2. The first kappa shape index (κ1) is 15.6. The largest absolute Gasteiger partial charge is 0.327 e. The molecule has 0 fully saturated rings. The molecule has 2 N–H and O–H groups in total. The maximum atomic E-state index is 13.9. The molecule has 0 spiro atoms. The van der Waals surface area contributed by atoms with Gasteiger partial charge in [0.1, 0.15) is 18.9 Å². The first-order chi connectivity index (χ1) is 11.0. The summed E-state index contributed by atoms with van der Waals surface area (Å²) in [7, 11) is 1.90. The van der Waals surface area contributed by atoms with Gasteiger partial charge >= 0.3 is 0 Å². The normalized spacial score (nSPS) is 12.5. The van der Waals surface area contributed by atoms with Crippen molar-refractivity contribution in [2.24, 2.45) is 0 Å². The molecular formula is C17H16ClFN3O+. The van der Waals surface area contributed by atoms with E-state index in [0.717, 1.165) is 4.90 Å². The molecule has 0 radical (unpaired) electrons. The van der Waals surface area contributed by atoms with E-state index in [2.05, 4.69) is 9.97 Å². The molecule has 1 atom stereocenters. The van der Waals surface area contributed by atoms with Crippen molar-refractivity contribution in [3.8, 4) is 0 Å². The van der Waals surface area contributed by atoms with E-state index in [1.165, 1.54) is 6.07 Å². The zero-order chi connectivity index (χ0) is 16.4. The van der Waals surface area contributed by atoms with Crippen molar-refractivity contribution in [2.75, 3.05) is 7.05 Å². The summed E-state index contributed by atoms with van der Waals surface area (Å²) < 4.78 is 13.9. The molecule has 0 saturated heterocycles. The minimum atomic E-state index is -0.322. The van der Waals surface area contributed by atoms with Gasteiger partial charge in [-0.2, -0.15) is 0 Å². The molecule has 3 rings (SSSR count). The Bertz CT molecular complexity index is 889. The van der Waals surface area contributed by atoms with Crippen LogP contribution in [0.25, 0.3) is 10.9 Å². The van der Waals surface area contributed by atoms with Crippen LogP contribution in [0.4, 0.5) is 4.39 Å². The fourth-order valence-corrected chi connectivity index (χ4v) is 2.80. The summed E-state index contributed by atoms with van der Waals surface area (Å²) in [5, 5.41) is 0.968. The number of aromatic nitrogens is 2. The van der Waals surface area contributed by atoms with Gasteiger partial charge in [-0.25, -0.2) is 9.37 Å². The number of aromatic amines is 1. The molecule has 3 aromatic rings. The zero-order valence-corrected chi connectivity index (χ0v) is 13.3. The average Bonchev–Trinajstić information content (AvgIpc) is 2.51. The summed E-state index contributed by atoms with van der Waals surface area (Å²) in [5.74, 6) is 0.246. The molecular weight excluding hydrogens is 317 g/mol. The fraction of sp³-hybridized carbons (Fsp3) is 0.176. The molecule has 6 heteroatoms. The molecule has 4 nitrogen and oxygen atoms in total. The van der Waals surface area contributed by atoms with Crippen LogP contribution in [0.3, 0.4) is 0 Å². The molecule has 0 saturated carbocycles. The summed E-state index contributed by atoms with van der Waals surface area (Å²) in [5.41, 5.74) is 0.958. The highest BCUT2D eigenvalue weighted by molar-refractivity contribution is 6.31. The number of H-pyrrole nitrogens is 1. The lowest BCUT2D eigenvalue weighted by molar-refractivity contribution is -0.908. The molecule has 0 aliphatic rings. The predicted molar refractivity (Wildman–Crippen MR) is 88.1 cm³/mol. The van der Waals surface area contributed by atoms with E-state index in [1.807, 2.05) is 13.1 Å². The Kier molecular flexibility index (Phi) is 4.41. The third-order valence-electron chi connectivity index (χ3n) is 3.67. The van der Waals surface area contributed by atoms with Gasteiger partial charge in [-0.3, -0.25) is 4.79 Å². The maximum absolute atomic E-state index is 13.9. The Labute approximate surface area is 137 Å². The number of hydrogen-bond acceptors (Lipinski definition) is 2. The second-order valence-electron chi connectivity index (χ2n) is 5.54. The highest BCUT2D eigenvalue weighted by Crippen LogP contribution is 2.17. The van der Waals surface area contributed by atoms with Gasteiger partial charge in [0, 0.05) is 0 Å². The van der Waals surface area contributed by atoms with Crippen molar-refractivity contribution in [2.45, 2.75) is 13.1 Å². The minimum Gasteiger partial charge on any atom is -0.327 e. The number of nitrogens with zero attached hydrogens (tertiary/aromatic N) is 1. The first-order valence-electron chi connectivity index (χ1n) is 7.26. The van der Waals surface area contributed by atoms with E-state index >= 15 is 0 Å². The Hall–Kier alpha value is -2.24. The van der Waals surface area contributed by atoms with Crippen LogP contribution < -0.4 is 10.5 Å². The second-order valence-corrected chi connectivity index (χ2v) is 5.95. The highest BCUT2D eigenvalue weighted by Gasteiger charge is 2.14. The number of nitrogens with one attached hydrogen (secondary N) is 2. The molecule has 0 aliphatic carbocycles. The van der Waals surface area contributed by atoms with Gasteiger partial charge < -0.3 is 9.88 Å². The number of fused-ring (bicyclic) bond motifs is 1. The molecule has 2 aromatic carbocycles. The van der Waals surface area contributed by atoms with Gasteiger partial charge in [0.05, 0.1) is 28.5 Å². The minimum absolute atomic E-state index is 0.165. The molecule has 0 bridgehead atoms. The first-order valence-corrected chi connectivity index (χ1v) is 7.64. The summed E-state index contributed by atoms with van der Waals surface area (Å²) in [6.07, 6.45) is 0. The van der Waals surface area contributed by atoms with Crippen LogP contribution in [0.1, 0.15) is 11.4 Å². The lowest BCUT2D eigenvalue weighted by Gasteiger charge is -2.15. The van der Waals surface area contributed by atoms with Gasteiger partial charge in [-0.1, -0.05) is 29.8 Å². The number of para-hydroxylation sites is 1. The van der Waals surface area contributed by atoms with Crippen LogP contribution in [-0.2, 0) is 13.1 Å². The molecule has 23 heavy (non-hydrogen) atoms. The predicted octanol–water partition coefficient (Wildman–Crippen LogP) is 1.93. The Balaban J connectivity index is 1.83. The lowest BCUT2D eigenvalue weighted by atomic mass is 10.2. The van der Waals surface area contributed by atoms with Crippen molar-refractivity contribution in [1.82, 2.24) is 9.97 Å². The summed E-state index contributed by atoms with van der Waals surface area (Å²) in [6.45, 7) is 0.868. The van der Waals surface area contributed by atoms with Crippen molar-refractivity contribution in [1.29, 1.82) is 0 Å². The average molecular weight is 333 g/mol. The van der Waals surface area contributed by atoms with Gasteiger partial charge in [0.15, 0.2) is 5.82 Å². The fourth-order valence-electron chi connectivity index (χ4n) is 2.57. The van der Waals surface area contributed by atoms with Gasteiger partial charge in [-0.05, 0) is 24.3 Å². The van der Waals surface area contributed by atoms with Gasteiger partial charge in [0.2, 0.25) is 0 Å². The number of hydrogen-bond donors (Lipinski definition) is 2. The summed E-state index contributed by atoms with van der Waals surface area (Å²) in [4.78, 5) is 20.3. The van der Waals surface area contributed by atoms with Crippen molar-refractivity contribution >= 4 is 22.5 Å². The molecule has 0 aliphatic heterocycles. The number of benzene rings is 2. The van der Waals surface area contributed by atoms with Gasteiger partial charge in [0.25, 0.3) is 5.56 Å². The Morgan fingerprint density at radius 2 is 1.96 bits per heavy atom. The highest BCUT2D eigenvalue weighted by atomic mass is 35.5. The van der Waals surface area contributed by atoms with Crippen LogP contribution in [0.5, 0.6) is 0 Å². The molecule has 118 valence electrons. The standard InChI is InChI=1S/C17H15ClFN3O/c1-22(9-12-13(18)6-4-7-14(12)19)10-16-20-15-8-3-2-5-11(15)17(23)21-16/h2-8H,9-10H2,1H3,(H,20,21,23)/p+1. The third kappa shape index (κ3) is 3.41. The van der Waals surface area contributed by atoms with E-state index in [9.17, 15) is 9.18 Å². The molecule has 1 aromatic heterocycles. The molecule has 0 amide bonds. The topological polar surface area (TPSA) is 50.2 Å². The Morgan fingerprint density at radius 1 is 1.17 bits per heavy atom. The van der Waals surface area contributed by atoms with Gasteiger partial charge in [-0.15, -0.1) is 0 Å². The van der Waals surface area contributed by atoms with E-state index < -0.39 is 0 Å². The zero-order valence-electron chi connectivity index (χ0n) is 12.6. The summed E-state index contributed by atoms with van der Waals surface area (Å²) >= 11 is 6.05. The molecule has 1 heterocycles. The molecule has 1 unspecified atom stereocenters. The second kappa shape index (κ2) is 6.48. The van der Waals surface area contributed by atoms with E-state index in [4.69, 9.17) is 11.6 Å². The van der Waals surface area contributed by atoms with Crippen LogP contribution >= 0.6 is 11.6 Å². The Morgan fingerprint density at radius 3 is 2.74 bits per heavy atom. The SMILES string of the molecule is C[NH+](Cc1nc2ccccc2c(=O)[nH]1)Cc1c(F)cccc1Cl. The number of quaternary nitrogens is 1. The maximum Gasteiger partial charge on any atom is 0.258 e. The third-order valence-corrected chi connectivity index (χ3v) is 4.03. The summed E-state index contributed by atoms with van der Waals surface area (Å²) in [6, 6.07) is 11.8. The van der Waals surface area contributed by atoms with Crippen LogP contribution in [0.15, 0.2) is 47.3 Å². The van der Waals surface area contributed by atoms with E-state index in [0.29, 0.717) is 40.4 Å². The van der Waals surface area contributed by atoms with Crippen molar-refractivity contribution < 1.29 is 9.29 Å². The number of rotatable bonds is 4. The lowest BCUT2D eigenvalue weighted by Crippen LogP contribution is -3.06. The van der Waals surface area contributed by atoms with Crippen molar-refractivity contribution in [3.05, 3.63) is 75.0 Å². The van der Waals surface area contributed by atoms with E-state index in [1.54, 1.807) is 30.3 Å². The van der Waals surface area contributed by atoms with Crippen LogP contribution in [-0.4, -0.2) is 17.0 Å². The quantitative estimate of drug-likeness (QED) is 0.767.